The minimum Gasteiger partial charge on any atom is -0.290 e. The van der Waals surface area contributed by atoms with Crippen molar-refractivity contribution < 1.29 is 27.6 Å². The summed E-state index contributed by atoms with van der Waals surface area (Å²) in [6.07, 6.45) is -1.31. The molecular weight excluding hydrogens is 329 g/mol. The lowest BCUT2D eigenvalue weighted by Gasteiger charge is -2.31. The molecular formula is C14H13F3N4O3. The highest BCUT2D eigenvalue weighted by molar-refractivity contribution is 6.18. The molecule has 0 aromatic carbocycles. The maximum absolute atomic E-state index is 12.7. The molecule has 0 radical (unpaired) electrons. The van der Waals surface area contributed by atoms with Gasteiger partial charge in [-0.25, -0.2) is 9.59 Å². The molecule has 7 nitrogen and oxygen atoms in total. The molecule has 0 aromatic rings. The van der Waals surface area contributed by atoms with Crippen molar-refractivity contribution in [1.29, 1.82) is 0 Å². The molecule has 2 fully saturated rings. The number of carbonyl (C=O) groups excluding carboxylic acids is 3. The van der Waals surface area contributed by atoms with Crippen molar-refractivity contribution in [2.45, 2.75) is 18.6 Å². The summed E-state index contributed by atoms with van der Waals surface area (Å²) in [6, 6.07) is -1.55. The Balaban J connectivity index is 1.85. The summed E-state index contributed by atoms with van der Waals surface area (Å²) >= 11 is 0. The van der Waals surface area contributed by atoms with Crippen LogP contribution in [0.2, 0.25) is 0 Å². The van der Waals surface area contributed by atoms with Crippen molar-refractivity contribution in [1.82, 2.24) is 15.2 Å². The Hall–Kier alpha value is -2.61. The molecule has 2 aliphatic heterocycles. The van der Waals surface area contributed by atoms with E-state index in [4.69, 9.17) is 0 Å². The summed E-state index contributed by atoms with van der Waals surface area (Å²) < 4.78 is 38.1. The SMILES string of the molecule is CN1C(=O)NC(=O)C(C2=NN([C@@H]3C[C@H]3C(F)(F)F)CC=C2)C1=C=O. The van der Waals surface area contributed by atoms with Crippen LogP contribution in [0.5, 0.6) is 0 Å². The lowest BCUT2D eigenvalue weighted by atomic mass is 9.95. The number of hydrazone groups is 1. The number of rotatable bonds is 2. The van der Waals surface area contributed by atoms with Crippen LogP contribution in [0.3, 0.4) is 0 Å². The molecule has 2 heterocycles. The number of allylic oxidation sites excluding steroid dienone is 1. The first-order chi connectivity index (χ1) is 11.2. The molecule has 1 aliphatic carbocycles. The van der Waals surface area contributed by atoms with Crippen LogP contribution < -0.4 is 5.32 Å². The highest BCUT2D eigenvalue weighted by Gasteiger charge is 2.58. The molecule has 3 rings (SSSR count). The first kappa shape index (κ1) is 16.3. The van der Waals surface area contributed by atoms with Gasteiger partial charge in [-0.3, -0.25) is 20.0 Å². The third kappa shape index (κ3) is 2.69. The van der Waals surface area contributed by atoms with Gasteiger partial charge in [0.1, 0.15) is 17.6 Å². The Labute approximate surface area is 134 Å². The summed E-state index contributed by atoms with van der Waals surface area (Å²) in [7, 11) is 1.29. The molecule has 0 spiro atoms. The Morgan fingerprint density at radius 3 is 2.67 bits per heavy atom. The maximum Gasteiger partial charge on any atom is 0.393 e. The van der Waals surface area contributed by atoms with E-state index in [2.05, 4.69) is 10.4 Å². The normalized spacial score (nSPS) is 30.1. The first-order valence-corrected chi connectivity index (χ1v) is 7.16. The molecule has 24 heavy (non-hydrogen) atoms. The molecule has 10 heteroatoms. The zero-order chi connectivity index (χ0) is 17.6. The van der Waals surface area contributed by atoms with E-state index in [1.54, 1.807) is 12.0 Å². The predicted octanol–water partition coefficient (Wildman–Crippen LogP) is 0.678. The van der Waals surface area contributed by atoms with Crippen LogP contribution in [0.15, 0.2) is 23.0 Å². The van der Waals surface area contributed by atoms with Crippen LogP contribution >= 0.6 is 0 Å². The Morgan fingerprint density at radius 1 is 1.38 bits per heavy atom. The summed E-state index contributed by atoms with van der Waals surface area (Å²) in [5, 5.41) is 7.44. The molecule has 0 bridgehead atoms. The maximum atomic E-state index is 12.7. The average molecular weight is 342 g/mol. The van der Waals surface area contributed by atoms with Crippen LogP contribution in [0.25, 0.3) is 0 Å². The average Bonchev–Trinajstić information content (AvgIpc) is 3.31. The van der Waals surface area contributed by atoms with E-state index in [9.17, 15) is 27.6 Å². The van der Waals surface area contributed by atoms with Crippen LogP contribution in [-0.4, -0.2) is 59.3 Å². The van der Waals surface area contributed by atoms with Crippen molar-refractivity contribution >= 4 is 23.6 Å². The number of hydrogen-bond donors (Lipinski definition) is 1. The number of amides is 3. The standard InChI is InChI=1S/C14H13F3N4O3/c1-20-10(6-22)11(12(23)18-13(20)24)8-3-2-4-21(19-8)9-5-7(9)14(15,16)17/h2-3,7,9,11H,4-5H2,1H3,(H,18,23,24)/t7-,9-,11?/m1/s1. The van der Waals surface area contributed by atoms with Crippen LogP contribution in [0.4, 0.5) is 18.0 Å². The highest BCUT2D eigenvalue weighted by atomic mass is 19.4. The van der Waals surface area contributed by atoms with E-state index < -0.39 is 36.0 Å². The van der Waals surface area contributed by atoms with Crippen LogP contribution in [0, 0.1) is 11.8 Å². The quantitative estimate of drug-likeness (QED) is 0.748. The Morgan fingerprint density at radius 2 is 2.08 bits per heavy atom. The number of urea groups is 1. The molecule has 3 amide bonds. The number of hydrogen-bond acceptors (Lipinski definition) is 5. The van der Waals surface area contributed by atoms with Crippen molar-refractivity contribution in [3.63, 3.8) is 0 Å². The minimum atomic E-state index is -4.29. The lowest BCUT2D eigenvalue weighted by molar-refractivity contribution is -0.152. The first-order valence-electron chi connectivity index (χ1n) is 7.16. The second-order valence-electron chi connectivity index (χ2n) is 5.77. The van der Waals surface area contributed by atoms with Crippen LogP contribution in [0.1, 0.15) is 6.42 Å². The number of nitrogens with one attached hydrogen (secondary N) is 1. The second kappa shape index (κ2) is 5.48. The van der Waals surface area contributed by atoms with E-state index in [1.165, 1.54) is 18.1 Å². The Kier molecular flexibility index (Phi) is 3.71. The number of nitrogens with zero attached hydrogens (tertiary/aromatic N) is 3. The zero-order valence-electron chi connectivity index (χ0n) is 12.5. The second-order valence-corrected chi connectivity index (χ2v) is 5.77. The van der Waals surface area contributed by atoms with Gasteiger partial charge in [0.2, 0.25) is 5.91 Å². The largest absolute Gasteiger partial charge is 0.393 e. The van der Waals surface area contributed by atoms with Crippen molar-refractivity contribution in [2.75, 3.05) is 13.6 Å². The molecule has 0 aromatic heterocycles. The van der Waals surface area contributed by atoms with Gasteiger partial charge in [-0.2, -0.15) is 18.3 Å². The summed E-state index contributed by atoms with van der Waals surface area (Å²) in [4.78, 5) is 35.7. The van der Waals surface area contributed by atoms with E-state index in [0.717, 1.165) is 4.90 Å². The van der Waals surface area contributed by atoms with E-state index in [1.807, 2.05) is 0 Å². The smallest absolute Gasteiger partial charge is 0.290 e. The highest BCUT2D eigenvalue weighted by Crippen LogP contribution is 2.48. The van der Waals surface area contributed by atoms with Crippen molar-refractivity contribution in [2.24, 2.45) is 16.9 Å². The summed E-state index contributed by atoms with van der Waals surface area (Å²) in [6.45, 7) is 0.185. The van der Waals surface area contributed by atoms with Gasteiger partial charge in [0, 0.05) is 7.05 Å². The summed E-state index contributed by atoms with van der Waals surface area (Å²) in [5.41, 5.74) is -0.124. The third-order valence-electron chi connectivity index (χ3n) is 4.22. The van der Waals surface area contributed by atoms with E-state index in [0.29, 0.717) is 0 Å². The van der Waals surface area contributed by atoms with Gasteiger partial charge in [-0.05, 0) is 12.5 Å². The van der Waals surface area contributed by atoms with Gasteiger partial charge in [0.15, 0.2) is 0 Å². The van der Waals surface area contributed by atoms with E-state index >= 15 is 0 Å². The molecule has 1 unspecified atom stereocenters. The fourth-order valence-corrected chi connectivity index (χ4v) is 2.82. The lowest BCUT2D eigenvalue weighted by Crippen LogP contribution is -2.54. The number of alkyl halides is 3. The molecule has 128 valence electrons. The summed E-state index contributed by atoms with van der Waals surface area (Å²) in [5.74, 6) is -1.84. The van der Waals surface area contributed by atoms with E-state index in [-0.39, 0.29) is 24.4 Å². The topological polar surface area (TPSA) is 82.1 Å². The molecule has 1 saturated heterocycles. The van der Waals surface area contributed by atoms with Crippen molar-refractivity contribution in [3.8, 4) is 0 Å². The zero-order valence-corrected chi connectivity index (χ0v) is 12.5. The van der Waals surface area contributed by atoms with Gasteiger partial charge < -0.3 is 0 Å². The fraction of sp³-hybridized carbons (Fsp3) is 0.500. The van der Waals surface area contributed by atoms with Gasteiger partial charge in [0.25, 0.3) is 0 Å². The monoisotopic (exact) mass is 342 g/mol. The number of carbonyl (C=O) groups is 2. The van der Waals surface area contributed by atoms with Gasteiger partial charge in [-0.15, -0.1) is 0 Å². The van der Waals surface area contributed by atoms with Gasteiger partial charge in [0.05, 0.1) is 24.2 Å². The predicted molar refractivity (Wildman–Crippen MR) is 75.2 cm³/mol. The van der Waals surface area contributed by atoms with Gasteiger partial charge in [-0.1, -0.05) is 6.08 Å². The Bertz CT molecular complexity index is 709. The number of imide groups is 1. The minimum absolute atomic E-state index is 0.0558. The molecule has 3 atom stereocenters. The molecule has 3 aliphatic rings. The molecule has 1 saturated carbocycles. The van der Waals surface area contributed by atoms with Crippen LogP contribution in [-0.2, 0) is 9.59 Å². The van der Waals surface area contributed by atoms with Gasteiger partial charge >= 0.3 is 12.2 Å². The third-order valence-corrected chi connectivity index (χ3v) is 4.22. The van der Waals surface area contributed by atoms with Crippen molar-refractivity contribution in [3.05, 3.63) is 17.8 Å². The fourth-order valence-electron chi connectivity index (χ4n) is 2.82. The number of halogens is 3. The molecule has 1 N–H and O–H groups in total.